The van der Waals surface area contributed by atoms with Gasteiger partial charge in [0, 0.05) is 19.1 Å². The van der Waals surface area contributed by atoms with Gasteiger partial charge in [-0.05, 0) is 25.0 Å². The fourth-order valence-electron chi connectivity index (χ4n) is 2.04. The van der Waals surface area contributed by atoms with Crippen molar-refractivity contribution < 1.29 is 14.6 Å². The molecule has 0 atom stereocenters. The Balaban J connectivity index is 1.82. The molecule has 1 aliphatic rings. The van der Waals surface area contributed by atoms with E-state index in [1.165, 1.54) is 0 Å². The third kappa shape index (κ3) is 4.54. The lowest BCUT2D eigenvalue weighted by Crippen LogP contribution is -2.32. The third-order valence-electron chi connectivity index (χ3n) is 3.22. The first kappa shape index (κ1) is 15.4. The van der Waals surface area contributed by atoms with Crippen molar-refractivity contribution in [3.63, 3.8) is 0 Å². The average Bonchev–Trinajstić information content (AvgIpc) is 3.20. The van der Waals surface area contributed by atoms with E-state index in [4.69, 9.17) is 33.0 Å². The van der Waals surface area contributed by atoms with Crippen LogP contribution in [0.2, 0.25) is 10.0 Å². The van der Waals surface area contributed by atoms with Gasteiger partial charge in [0.2, 0.25) is 0 Å². The average molecular weight is 318 g/mol. The molecule has 0 spiro atoms. The summed E-state index contributed by atoms with van der Waals surface area (Å²) in [6, 6.07) is 5.72. The lowest BCUT2D eigenvalue weighted by atomic mass is 10.3. The molecule has 1 N–H and O–H groups in total. The predicted molar refractivity (Wildman–Crippen MR) is 78.8 cm³/mol. The number of halogens is 2. The van der Waals surface area contributed by atoms with Crippen molar-refractivity contribution in [3.05, 3.63) is 28.2 Å². The minimum atomic E-state index is -0.772. The summed E-state index contributed by atoms with van der Waals surface area (Å²) >= 11 is 12.0. The number of carbonyl (C=O) groups is 1. The Bertz CT molecular complexity index is 457. The Morgan fingerprint density at radius 3 is 2.50 bits per heavy atom. The van der Waals surface area contributed by atoms with Crippen molar-refractivity contribution >= 4 is 29.2 Å². The normalized spacial score (nSPS) is 14.6. The summed E-state index contributed by atoms with van der Waals surface area (Å²) in [6.45, 7) is 1.68. The van der Waals surface area contributed by atoms with Crippen LogP contribution in [-0.2, 0) is 4.79 Å². The standard InChI is InChI=1S/C14H17Cl2NO3/c15-11-2-1-3-12(16)14(11)20-9-8-17(10-4-5-10)7-6-13(18)19/h1-3,10H,4-9H2,(H,18,19). The van der Waals surface area contributed by atoms with Crippen LogP contribution in [0.4, 0.5) is 0 Å². The van der Waals surface area contributed by atoms with Gasteiger partial charge in [0.25, 0.3) is 0 Å². The van der Waals surface area contributed by atoms with Crippen LogP contribution in [0.1, 0.15) is 19.3 Å². The first-order valence-corrected chi connectivity index (χ1v) is 7.36. The molecule has 0 bridgehead atoms. The van der Waals surface area contributed by atoms with Crippen LogP contribution < -0.4 is 4.74 Å². The minimum absolute atomic E-state index is 0.156. The van der Waals surface area contributed by atoms with Crippen molar-refractivity contribution in [1.29, 1.82) is 0 Å². The van der Waals surface area contributed by atoms with Gasteiger partial charge in [0.05, 0.1) is 16.5 Å². The molecule has 1 aromatic carbocycles. The summed E-state index contributed by atoms with van der Waals surface area (Å²) in [5.74, 6) is -0.282. The lowest BCUT2D eigenvalue weighted by Gasteiger charge is -2.21. The number of hydrogen-bond donors (Lipinski definition) is 1. The molecule has 1 fully saturated rings. The predicted octanol–water partition coefficient (Wildman–Crippen LogP) is 3.31. The molecular weight excluding hydrogens is 301 g/mol. The Kier molecular flexibility index (Phi) is 5.52. The zero-order valence-corrected chi connectivity index (χ0v) is 12.5. The third-order valence-corrected chi connectivity index (χ3v) is 3.82. The molecule has 110 valence electrons. The van der Waals surface area contributed by atoms with E-state index in [9.17, 15) is 4.79 Å². The molecule has 0 saturated heterocycles. The SMILES string of the molecule is O=C(O)CCN(CCOc1c(Cl)cccc1Cl)C1CC1. The van der Waals surface area contributed by atoms with Gasteiger partial charge in [-0.3, -0.25) is 9.69 Å². The number of ether oxygens (including phenoxy) is 1. The number of benzene rings is 1. The Morgan fingerprint density at radius 2 is 1.95 bits per heavy atom. The summed E-state index contributed by atoms with van der Waals surface area (Å²) in [5.41, 5.74) is 0. The maximum absolute atomic E-state index is 10.6. The Hall–Kier alpha value is -0.970. The zero-order valence-electron chi connectivity index (χ0n) is 11.0. The number of rotatable bonds is 8. The van der Waals surface area contributed by atoms with Crippen LogP contribution in [-0.4, -0.2) is 41.7 Å². The van der Waals surface area contributed by atoms with Crippen molar-refractivity contribution in [3.8, 4) is 5.75 Å². The molecule has 0 amide bonds. The molecule has 0 aliphatic heterocycles. The van der Waals surface area contributed by atoms with E-state index in [1.54, 1.807) is 18.2 Å². The fourth-order valence-corrected chi connectivity index (χ4v) is 2.55. The molecule has 0 radical (unpaired) electrons. The van der Waals surface area contributed by atoms with Crippen LogP contribution in [0.15, 0.2) is 18.2 Å². The highest BCUT2D eigenvalue weighted by Gasteiger charge is 2.28. The highest BCUT2D eigenvalue weighted by molar-refractivity contribution is 6.37. The smallest absolute Gasteiger partial charge is 0.304 e. The van der Waals surface area contributed by atoms with Gasteiger partial charge in [-0.15, -0.1) is 0 Å². The topological polar surface area (TPSA) is 49.8 Å². The molecule has 0 unspecified atom stereocenters. The van der Waals surface area contributed by atoms with Gasteiger partial charge in [0.15, 0.2) is 5.75 Å². The van der Waals surface area contributed by atoms with Crippen LogP contribution >= 0.6 is 23.2 Å². The van der Waals surface area contributed by atoms with Gasteiger partial charge < -0.3 is 9.84 Å². The quantitative estimate of drug-likeness (QED) is 0.799. The van der Waals surface area contributed by atoms with Crippen LogP contribution in [0, 0.1) is 0 Å². The molecule has 0 aromatic heterocycles. The van der Waals surface area contributed by atoms with Gasteiger partial charge in [-0.25, -0.2) is 0 Å². The van der Waals surface area contributed by atoms with E-state index in [1.807, 2.05) is 0 Å². The largest absolute Gasteiger partial charge is 0.489 e. The molecule has 2 rings (SSSR count). The van der Waals surface area contributed by atoms with Crippen LogP contribution in [0.5, 0.6) is 5.75 Å². The summed E-state index contributed by atoms with van der Waals surface area (Å²) < 4.78 is 5.63. The molecular formula is C14H17Cl2NO3. The summed E-state index contributed by atoms with van der Waals surface area (Å²) in [7, 11) is 0. The van der Waals surface area contributed by atoms with Crippen LogP contribution in [0.25, 0.3) is 0 Å². The molecule has 0 heterocycles. The number of para-hydroxylation sites is 1. The fraction of sp³-hybridized carbons (Fsp3) is 0.500. The van der Waals surface area contributed by atoms with E-state index in [0.29, 0.717) is 41.5 Å². The first-order valence-electron chi connectivity index (χ1n) is 6.60. The molecule has 4 nitrogen and oxygen atoms in total. The van der Waals surface area contributed by atoms with E-state index < -0.39 is 5.97 Å². The summed E-state index contributed by atoms with van der Waals surface area (Å²) in [4.78, 5) is 12.8. The van der Waals surface area contributed by atoms with E-state index in [-0.39, 0.29) is 6.42 Å². The number of hydrogen-bond acceptors (Lipinski definition) is 3. The first-order chi connectivity index (χ1) is 9.58. The van der Waals surface area contributed by atoms with Gasteiger partial charge in [0.1, 0.15) is 6.61 Å². The second-order valence-corrected chi connectivity index (χ2v) is 5.62. The lowest BCUT2D eigenvalue weighted by molar-refractivity contribution is -0.137. The van der Waals surface area contributed by atoms with E-state index in [2.05, 4.69) is 4.90 Å². The molecule has 1 saturated carbocycles. The van der Waals surface area contributed by atoms with Gasteiger partial charge in [-0.2, -0.15) is 0 Å². The minimum Gasteiger partial charge on any atom is -0.489 e. The van der Waals surface area contributed by atoms with Crippen molar-refractivity contribution in [2.45, 2.75) is 25.3 Å². The van der Waals surface area contributed by atoms with Gasteiger partial charge >= 0.3 is 5.97 Å². The highest BCUT2D eigenvalue weighted by atomic mass is 35.5. The molecule has 1 aliphatic carbocycles. The van der Waals surface area contributed by atoms with Crippen molar-refractivity contribution in [2.75, 3.05) is 19.7 Å². The number of aliphatic carboxylic acids is 1. The van der Waals surface area contributed by atoms with E-state index >= 15 is 0 Å². The molecule has 1 aromatic rings. The zero-order chi connectivity index (χ0) is 14.5. The van der Waals surface area contributed by atoms with Crippen molar-refractivity contribution in [2.24, 2.45) is 0 Å². The number of carboxylic acids is 1. The monoisotopic (exact) mass is 317 g/mol. The van der Waals surface area contributed by atoms with Crippen molar-refractivity contribution in [1.82, 2.24) is 4.90 Å². The molecule has 20 heavy (non-hydrogen) atoms. The second kappa shape index (κ2) is 7.16. The Morgan fingerprint density at radius 1 is 1.30 bits per heavy atom. The highest BCUT2D eigenvalue weighted by Crippen LogP contribution is 2.32. The van der Waals surface area contributed by atoms with Crippen LogP contribution in [0.3, 0.4) is 0 Å². The van der Waals surface area contributed by atoms with Gasteiger partial charge in [-0.1, -0.05) is 29.3 Å². The maximum atomic E-state index is 10.6. The molecule has 6 heteroatoms. The van der Waals surface area contributed by atoms with E-state index in [0.717, 1.165) is 12.8 Å². The summed E-state index contributed by atoms with van der Waals surface area (Å²) in [5, 5.41) is 9.72. The number of nitrogens with zero attached hydrogens (tertiary/aromatic N) is 1. The summed E-state index contributed by atoms with van der Waals surface area (Å²) in [6.07, 6.45) is 2.42. The second-order valence-electron chi connectivity index (χ2n) is 4.81. The Labute approximate surface area is 128 Å². The maximum Gasteiger partial charge on any atom is 0.304 e. The number of carboxylic acid groups (broad SMARTS) is 1.